The Hall–Kier alpha value is -0.570. The lowest BCUT2D eigenvalue weighted by Crippen LogP contribution is -2.45. The number of rotatable bonds is 3. The van der Waals surface area contributed by atoms with Crippen LogP contribution in [-0.4, -0.2) is 25.0 Å². The van der Waals surface area contributed by atoms with E-state index in [1.54, 1.807) is 0 Å². The van der Waals surface area contributed by atoms with Crippen molar-refractivity contribution >= 4 is 5.91 Å². The van der Waals surface area contributed by atoms with Gasteiger partial charge in [-0.25, -0.2) is 0 Å². The van der Waals surface area contributed by atoms with Crippen LogP contribution in [0, 0.1) is 5.92 Å². The maximum Gasteiger partial charge on any atom is 0.220 e. The Morgan fingerprint density at radius 2 is 2.23 bits per heavy atom. The minimum absolute atomic E-state index is 0.260. The Bertz CT molecular complexity index is 183. The van der Waals surface area contributed by atoms with Crippen LogP contribution in [0.3, 0.4) is 0 Å². The number of carbonyl (C=O) groups excluding carboxylic acids is 1. The van der Waals surface area contributed by atoms with Gasteiger partial charge >= 0.3 is 0 Å². The summed E-state index contributed by atoms with van der Waals surface area (Å²) < 4.78 is 0. The zero-order valence-corrected chi connectivity index (χ0v) is 8.01. The van der Waals surface area contributed by atoms with Crippen molar-refractivity contribution in [3.63, 3.8) is 0 Å². The second-order valence-electron chi connectivity index (χ2n) is 4.26. The van der Waals surface area contributed by atoms with Crippen LogP contribution in [0.5, 0.6) is 0 Å². The molecule has 2 fully saturated rings. The molecule has 2 aliphatic rings. The summed E-state index contributed by atoms with van der Waals surface area (Å²) in [5, 5.41) is 6.38. The highest BCUT2D eigenvalue weighted by molar-refractivity contribution is 5.76. The molecule has 3 heteroatoms. The maximum absolute atomic E-state index is 11.4. The quantitative estimate of drug-likeness (QED) is 0.673. The molecule has 1 heterocycles. The SMILES string of the molecule is O=C(CC1CC1)N[C@H]1CCCNC1. The lowest BCUT2D eigenvalue weighted by atomic mass is 10.1. The average molecular weight is 182 g/mol. The molecule has 0 aromatic carbocycles. The van der Waals surface area contributed by atoms with Gasteiger partial charge in [0, 0.05) is 19.0 Å². The minimum atomic E-state index is 0.260. The molecular weight excluding hydrogens is 164 g/mol. The minimum Gasteiger partial charge on any atom is -0.352 e. The highest BCUT2D eigenvalue weighted by Gasteiger charge is 2.25. The summed E-state index contributed by atoms with van der Waals surface area (Å²) in [5.74, 6) is 0.966. The van der Waals surface area contributed by atoms with Crippen LogP contribution >= 0.6 is 0 Å². The lowest BCUT2D eigenvalue weighted by molar-refractivity contribution is -0.122. The van der Waals surface area contributed by atoms with Gasteiger partial charge in [-0.1, -0.05) is 0 Å². The number of nitrogens with one attached hydrogen (secondary N) is 2. The second-order valence-corrected chi connectivity index (χ2v) is 4.26. The average Bonchev–Trinajstić information content (AvgIpc) is 2.90. The number of hydrogen-bond donors (Lipinski definition) is 2. The zero-order chi connectivity index (χ0) is 9.10. The molecule has 1 saturated carbocycles. The predicted octanol–water partition coefficient (Wildman–Crippen LogP) is 0.655. The summed E-state index contributed by atoms with van der Waals surface area (Å²) in [6, 6.07) is 0.389. The third kappa shape index (κ3) is 2.99. The van der Waals surface area contributed by atoms with E-state index >= 15 is 0 Å². The molecule has 2 rings (SSSR count). The van der Waals surface area contributed by atoms with E-state index < -0.39 is 0 Å². The van der Waals surface area contributed by atoms with Crippen LogP contribution < -0.4 is 10.6 Å². The summed E-state index contributed by atoms with van der Waals surface area (Å²) in [6.45, 7) is 2.06. The van der Waals surface area contributed by atoms with Crippen LogP contribution in [-0.2, 0) is 4.79 Å². The Morgan fingerprint density at radius 1 is 1.38 bits per heavy atom. The lowest BCUT2D eigenvalue weighted by Gasteiger charge is -2.23. The maximum atomic E-state index is 11.4. The Labute approximate surface area is 79.3 Å². The van der Waals surface area contributed by atoms with Crippen molar-refractivity contribution in [2.45, 2.75) is 38.1 Å². The van der Waals surface area contributed by atoms with Gasteiger partial charge in [0.05, 0.1) is 0 Å². The normalized spacial score (nSPS) is 28.5. The second kappa shape index (κ2) is 4.09. The van der Waals surface area contributed by atoms with E-state index in [0.717, 1.165) is 25.9 Å². The van der Waals surface area contributed by atoms with Crippen molar-refractivity contribution in [3.05, 3.63) is 0 Å². The Kier molecular flexibility index (Phi) is 2.83. The standard InChI is InChI=1S/C10H18N2O/c13-10(6-8-3-4-8)12-9-2-1-5-11-7-9/h8-9,11H,1-7H2,(H,12,13)/t9-/m0/s1. The molecule has 0 unspecified atom stereocenters. The molecule has 2 N–H and O–H groups in total. The fourth-order valence-electron chi connectivity index (χ4n) is 1.85. The van der Waals surface area contributed by atoms with Gasteiger partial charge in [-0.15, -0.1) is 0 Å². The van der Waals surface area contributed by atoms with Gasteiger partial charge in [0.15, 0.2) is 0 Å². The van der Waals surface area contributed by atoms with E-state index in [0.29, 0.717) is 12.0 Å². The summed E-state index contributed by atoms with van der Waals surface area (Å²) in [5.41, 5.74) is 0. The first-order valence-electron chi connectivity index (χ1n) is 5.34. The summed E-state index contributed by atoms with van der Waals surface area (Å²) in [7, 11) is 0. The van der Waals surface area contributed by atoms with Crippen LogP contribution in [0.2, 0.25) is 0 Å². The van der Waals surface area contributed by atoms with E-state index in [1.165, 1.54) is 19.3 Å². The van der Waals surface area contributed by atoms with Gasteiger partial charge in [-0.3, -0.25) is 4.79 Å². The molecule has 0 aromatic rings. The van der Waals surface area contributed by atoms with E-state index in [2.05, 4.69) is 10.6 Å². The number of hydrogen-bond acceptors (Lipinski definition) is 2. The topological polar surface area (TPSA) is 41.1 Å². The first-order valence-corrected chi connectivity index (χ1v) is 5.34. The van der Waals surface area contributed by atoms with Crippen molar-refractivity contribution < 1.29 is 4.79 Å². The summed E-state index contributed by atoms with van der Waals surface area (Å²) in [6.07, 6.45) is 5.61. The first-order chi connectivity index (χ1) is 6.34. The molecule has 13 heavy (non-hydrogen) atoms. The Morgan fingerprint density at radius 3 is 2.85 bits per heavy atom. The largest absolute Gasteiger partial charge is 0.352 e. The van der Waals surface area contributed by atoms with Crippen molar-refractivity contribution in [2.75, 3.05) is 13.1 Å². The number of carbonyl (C=O) groups is 1. The fourth-order valence-corrected chi connectivity index (χ4v) is 1.85. The van der Waals surface area contributed by atoms with Crippen molar-refractivity contribution in [1.82, 2.24) is 10.6 Å². The molecule has 1 saturated heterocycles. The fraction of sp³-hybridized carbons (Fsp3) is 0.900. The van der Waals surface area contributed by atoms with E-state index in [1.807, 2.05) is 0 Å². The molecule has 0 aromatic heterocycles. The van der Waals surface area contributed by atoms with Gasteiger partial charge in [-0.05, 0) is 38.1 Å². The van der Waals surface area contributed by atoms with Crippen molar-refractivity contribution in [2.24, 2.45) is 5.92 Å². The third-order valence-electron chi connectivity index (χ3n) is 2.83. The molecule has 0 bridgehead atoms. The summed E-state index contributed by atoms with van der Waals surface area (Å²) >= 11 is 0. The van der Waals surface area contributed by atoms with Gasteiger partial charge in [0.2, 0.25) is 5.91 Å². The van der Waals surface area contributed by atoms with Gasteiger partial charge in [0.25, 0.3) is 0 Å². The van der Waals surface area contributed by atoms with Gasteiger partial charge in [-0.2, -0.15) is 0 Å². The first kappa shape index (κ1) is 9.00. The predicted molar refractivity (Wildman–Crippen MR) is 51.4 cm³/mol. The highest BCUT2D eigenvalue weighted by Crippen LogP contribution is 2.32. The molecule has 74 valence electrons. The molecule has 0 spiro atoms. The molecule has 1 aliphatic carbocycles. The van der Waals surface area contributed by atoms with E-state index in [-0.39, 0.29) is 5.91 Å². The van der Waals surface area contributed by atoms with Crippen molar-refractivity contribution in [3.8, 4) is 0 Å². The number of amides is 1. The molecule has 1 aliphatic heterocycles. The number of piperidine rings is 1. The molecule has 1 amide bonds. The van der Waals surface area contributed by atoms with E-state index in [9.17, 15) is 4.79 Å². The zero-order valence-electron chi connectivity index (χ0n) is 8.01. The van der Waals surface area contributed by atoms with Gasteiger partial charge < -0.3 is 10.6 Å². The van der Waals surface area contributed by atoms with Crippen LogP contribution in [0.4, 0.5) is 0 Å². The highest BCUT2D eigenvalue weighted by atomic mass is 16.1. The van der Waals surface area contributed by atoms with Crippen LogP contribution in [0.15, 0.2) is 0 Å². The van der Waals surface area contributed by atoms with Crippen LogP contribution in [0.25, 0.3) is 0 Å². The van der Waals surface area contributed by atoms with E-state index in [4.69, 9.17) is 0 Å². The van der Waals surface area contributed by atoms with Crippen LogP contribution in [0.1, 0.15) is 32.1 Å². The molecule has 0 radical (unpaired) electrons. The van der Waals surface area contributed by atoms with Crippen molar-refractivity contribution in [1.29, 1.82) is 0 Å². The summed E-state index contributed by atoms with van der Waals surface area (Å²) in [4.78, 5) is 11.4. The Balaban J connectivity index is 1.66. The monoisotopic (exact) mass is 182 g/mol. The smallest absolute Gasteiger partial charge is 0.220 e. The molecular formula is C10H18N2O. The molecule has 1 atom stereocenters. The molecule has 3 nitrogen and oxygen atoms in total. The third-order valence-corrected chi connectivity index (χ3v) is 2.83. The van der Waals surface area contributed by atoms with Gasteiger partial charge in [0.1, 0.15) is 0 Å².